The molecule has 5 rings (SSSR count). The van der Waals surface area contributed by atoms with Gasteiger partial charge in [0.25, 0.3) is 0 Å². The SMILES string of the molecule is CC1OC(Oc2ccc(-c3cc(=O)c4c(O)cc(OC5OC(C(=O)O)C(O)C(O)C5O)cc4o3)cc2O)C(O)C(O)C1O. The summed E-state index contributed by atoms with van der Waals surface area (Å²) in [4.78, 5) is 24.2. The Balaban J connectivity index is 1.41. The molecule has 0 saturated carbocycles. The van der Waals surface area contributed by atoms with E-state index in [0.717, 1.165) is 24.3 Å². The number of aromatic hydroxyl groups is 2. The maximum absolute atomic E-state index is 12.9. The smallest absolute Gasteiger partial charge is 0.335 e. The fraction of sp³-hybridized carbons (Fsp3) is 0.407. The van der Waals surface area contributed by atoms with Gasteiger partial charge in [0.1, 0.15) is 64.9 Å². The highest BCUT2D eigenvalue weighted by atomic mass is 16.7. The third kappa shape index (κ3) is 5.69. The number of benzene rings is 2. The second-order valence-corrected chi connectivity index (χ2v) is 10.1. The second-order valence-electron chi connectivity index (χ2n) is 10.1. The molecule has 10 unspecified atom stereocenters. The van der Waals surface area contributed by atoms with Crippen molar-refractivity contribution in [3.8, 4) is 34.3 Å². The van der Waals surface area contributed by atoms with Gasteiger partial charge in [-0.25, -0.2) is 4.79 Å². The Labute approximate surface area is 240 Å². The van der Waals surface area contributed by atoms with Crippen LogP contribution in [0.3, 0.4) is 0 Å². The minimum Gasteiger partial charge on any atom is -0.507 e. The predicted molar refractivity (Wildman–Crippen MR) is 139 cm³/mol. The van der Waals surface area contributed by atoms with Crippen LogP contribution in [-0.4, -0.2) is 113 Å². The maximum atomic E-state index is 12.9. The van der Waals surface area contributed by atoms with Crippen molar-refractivity contribution in [2.45, 2.75) is 68.3 Å². The number of carboxylic acid groups (broad SMARTS) is 1. The molecular formula is C27H28O16. The summed E-state index contributed by atoms with van der Waals surface area (Å²) in [6.07, 6.45) is -16.4. The molecule has 3 aromatic rings. The van der Waals surface area contributed by atoms with Gasteiger partial charge in [-0.1, -0.05) is 0 Å². The number of phenolic OH excluding ortho intramolecular Hbond substituents is 2. The van der Waals surface area contributed by atoms with Crippen LogP contribution in [0.4, 0.5) is 0 Å². The molecule has 3 heterocycles. The third-order valence-corrected chi connectivity index (χ3v) is 7.14. The normalized spacial score (nSPS) is 32.8. The van der Waals surface area contributed by atoms with Crippen molar-refractivity contribution >= 4 is 16.9 Å². The summed E-state index contributed by atoms with van der Waals surface area (Å²) < 4.78 is 27.1. The van der Waals surface area contributed by atoms with E-state index in [4.69, 9.17) is 23.4 Å². The van der Waals surface area contributed by atoms with Gasteiger partial charge in [0.05, 0.1) is 6.10 Å². The van der Waals surface area contributed by atoms with Crippen LogP contribution in [0.1, 0.15) is 6.92 Å². The molecule has 0 aliphatic carbocycles. The molecule has 0 bridgehead atoms. The number of fused-ring (bicyclic) bond motifs is 1. The lowest BCUT2D eigenvalue weighted by Gasteiger charge is -2.38. The minimum atomic E-state index is -1.95. The molecule has 43 heavy (non-hydrogen) atoms. The quantitative estimate of drug-likeness (QED) is 0.152. The van der Waals surface area contributed by atoms with Crippen molar-refractivity contribution in [1.29, 1.82) is 0 Å². The minimum absolute atomic E-state index is 0.0875. The van der Waals surface area contributed by atoms with Gasteiger partial charge in [-0.05, 0) is 25.1 Å². The zero-order valence-corrected chi connectivity index (χ0v) is 22.1. The maximum Gasteiger partial charge on any atom is 0.335 e. The van der Waals surface area contributed by atoms with Crippen LogP contribution >= 0.6 is 0 Å². The molecule has 0 amide bonds. The molecule has 2 aliphatic heterocycles. The van der Waals surface area contributed by atoms with Crippen molar-refractivity contribution in [3.63, 3.8) is 0 Å². The summed E-state index contributed by atoms with van der Waals surface area (Å²) in [7, 11) is 0. The van der Waals surface area contributed by atoms with E-state index >= 15 is 0 Å². The average Bonchev–Trinajstić information content (AvgIpc) is 2.95. The monoisotopic (exact) mass is 608 g/mol. The summed E-state index contributed by atoms with van der Waals surface area (Å²) in [5.41, 5.74) is -0.756. The van der Waals surface area contributed by atoms with Crippen LogP contribution in [0.15, 0.2) is 45.6 Å². The van der Waals surface area contributed by atoms with E-state index in [1.807, 2.05) is 0 Å². The average molecular weight is 609 g/mol. The summed E-state index contributed by atoms with van der Waals surface area (Å²) in [5.74, 6) is -3.22. The van der Waals surface area contributed by atoms with Crippen molar-refractivity contribution in [2.24, 2.45) is 0 Å². The van der Waals surface area contributed by atoms with Gasteiger partial charge in [0.15, 0.2) is 23.0 Å². The van der Waals surface area contributed by atoms with Crippen LogP contribution in [0.25, 0.3) is 22.3 Å². The molecule has 0 radical (unpaired) electrons. The number of carboxylic acids is 1. The molecular weight excluding hydrogens is 580 g/mol. The number of hydrogen-bond acceptors (Lipinski definition) is 15. The zero-order valence-electron chi connectivity index (χ0n) is 22.1. The number of aliphatic hydroxyl groups is 6. The Hall–Kier alpha value is -4.00. The van der Waals surface area contributed by atoms with Gasteiger partial charge < -0.3 is 69.3 Å². The number of hydrogen-bond donors (Lipinski definition) is 9. The fourth-order valence-electron chi connectivity index (χ4n) is 4.74. The lowest BCUT2D eigenvalue weighted by atomic mass is 9.99. The van der Waals surface area contributed by atoms with Crippen molar-refractivity contribution in [2.75, 3.05) is 0 Å². The Kier molecular flexibility index (Phi) is 8.21. The molecule has 232 valence electrons. The molecule has 2 aromatic carbocycles. The third-order valence-electron chi connectivity index (χ3n) is 7.14. The fourth-order valence-corrected chi connectivity index (χ4v) is 4.74. The first-order chi connectivity index (χ1) is 20.3. The van der Waals surface area contributed by atoms with Crippen molar-refractivity contribution in [3.05, 3.63) is 46.6 Å². The molecule has 16 heteroatoms. The zero-order chi connectivity index (χ0) is 31.3. The van der Waals surface area contributed by atoms with Crippen LogP contribution in [0, 0.1) is 0 Å². The van der Waals surface area contributed by atoms with Crippen molar-refractivity contribution < 1.29 is 74.1 Å². The van der Waals surface area contributed by atoms with Crippen LogP contribution in [0.2, 0.25) is 0 Å². The van der Waals surface area contributed by atoms with E-state index in [1.54, 1.807) is 0 Å². The first-order valence-electron chi connectivity index (χ1n) is 12.9. The number of aliphatic carboxylic acids is 1. The van der Waals surface area contributed by atoms with Gasteiger partial charge in [-0.2, -0.15) is 0 Å². The van der Waals surface area contributed by atoms with Crippen LogP contribution in [0.5, 0.6) is 23.0 Å². The van der Waals surface area contributed by atoms with Gasteiger partial charge in [0.2, 0.25) is 12.6 Å². The van der Waals surface area contributed by atoms with Gasteiger partial charge >= 0.3 is 5.97 Å². The van der Waals surface area contributed by atoms with Crippen molar-refractivity contribution in [1.82, 2.24) is 0 Å². The number of rotatable bonds is 6. The summed E-state index contributed by atoms with van der Waals surface area (Å²) in [5, 5.41) is 90.1. The topological polar surface area (TPSA) is 266 Å². The van der Waals surface area contributed by atoms with E-state index in [-0.39, 0.29) is 33.8 Å². The molecule has 1 aromatic heterocycles. The van der Waals surface area contributed by atoms with E-state index in [9.17, 15) is 55.5 Å². The molecule has 16 nitrogen and oxygen atoms in total. The number of ether oxygens (including phenoxy) is 4. The van der Waals surface area contributed by atoms with Crippen LogP contribution < -0.4 is 14.9 Å². The lowest BCUT2D eigenvalue weighted by Crippen LogP contribution is -2.61. The van der Waals surface area contributed by atoms with Gasteiger partial charge in [-0.3, -0.25) is 4.79 Å². The molecule has 2 fully saturated rings. The Morgan fingerprint density at radius 3 is 2.07 bits per heavy atom. The lowest BCUT2D eigenvalue weighted by molar-refractivity contribution is -0.271. The molecule has 2 saturated heterocycles. The number of aliphatic hydroxyl groups excluding tert-OH is 6. The Morgan fingerprint density at radius 2 is 1.42 bits per heavy atom. The Bertz CT molecular complexity index is 1570. The highest BCUT2D eigenvalue weighted by molar-refractivity contribution is 5.86. The molecule has 9 N–H and O–H groups in total. The largest absolute Gasteiger partial charge is 0.507 e. The number of phenols is 2. The van der Waals surface area contributed by atoms with E-state index in [0.29, 0.717) is 0 Å². The Morgan fingerprint density at radius 1 is 0.767 bits per heavy atom. The highest BCUT2D eigenvalue weighted by Crippen LogP contribution is 2.37. The summed E-state index contributed by atoms with van der Waals surface area (Å²) in [6.45, 7) is 1.46. The standard InChI is InChI=1S/C27H28O16/c1-8-18(31)19(32)22(35)26(39-8)42-14-3-2-9(4-11(14)28)15-7-13(30)17-12(29)5-10(6-16(17)41-15)40-27-23(36)20(33)21(34)24(43-27)25(37)38/h2-8,18-24,26-29,31-36H,1H3,(H,37,38). The first-order valence-corrected chi connectivity index (χ1v) is 12.9. The second kappa shape index (κ2) is 11.6. The van der Waals surface area contributed by atoms with Crippen LogP contribution in [-0.2, 0) is 14.3 Å². The van der Waals surface area contributed by atoms with E-state index < -0.39 is 84.3 Å². The number of carbonyl (C=O) groups is 1. The molecule has 10 atom stereocenters. The molecule has 0 spiro atoms. The van der Waals surface area contributed by atoms with E-state index in [1.165, 1.54) is 19.1 Å². The predicted octanol–water partition coefficient (Wildman–Crippen LogP) is -1.65. The first kappa shape index (κ1) is 30.5. The highest BCUT2D eigenvalue weighted by Gasteiger charge is 2.48. The van der Waals surface area contributed by atoms with Gasteiger partial charge in [0, 0.05) is 23.8 Å². The molecule has 2 aliphatic rings. The van der Waals surface area contributed by atoms with Gasteiger partial charge in [-0.15, -0.1) is 0 Å². The summed E-state index contributed by atoms with van der Waals surface area (Å²) >= 11 is 0. The summed E-state index contributed by atoms with van der Waals surface area (Å²) in [6, 6.07) is 6.95. The van der Waals surface area contributed by atoms with E-state index in [2.05, 4.69) is 0 Å².